The molecule has 0 aliphatic carbocycles. The quantitative estimate of drug-likeness (QED) is 0.771. The zero-order chi connectivity index (χ0) is 9.10. The molecule has 0 unspecified atom stereocenters. The second kappa shape index (κ2) is 4.17. The molecule has 2 rings (SSSR count). The van der Waals surface area contributed by atoms with E-state index in [1.165, 1.54) is 5.69 Å². The molecule has 0 aromatic carbocycles. The van der Waals surface area contributed by atoms with Crippen molar-refractivity contribution in [2.45, 2.75) is 25.4 Å². The van der Waals surface area contributed by atoms with Crippen LogP contribution in [0.25, 0.3) is 0 Å². The molecular formula is C9H15N3S. The molecule has 1 aromatic rings. The standard InChI is InChI=1S/C9H15N3S/c10-8-1-3-12(4-2-8)5-9-6-13-7-11-9/h6-8H,1-5,10H2. The third kappa shape index (κ3) is 2.49. The summed E-state index contributed by atoms with van der Waals surface area (Å²) in [7, 11) is 0. The summed E-state index contributed by atoms with van der Waals surface area (Å²) >= 11 is 1.67. The zero-order valence-corrected chi connectivity index (χ0v) is 8.46. The maximum Gasteiger partial charge on any atom is 0.0795 e. The maximum atomic E-state index is 5.83. The van der Waals surface area contributed by atoms with Gasteiger partial charge in [0.15, 0.2) is 0 Å². The van der Waals surface area contributed by atoms with E-state index in [-0.39, 0.29) is 0 Å². The van der Waals surface area contributed by atoms with E-state index in [0.29, 0.717) is 6.04 Å². The summed E-state index contributed by atoms with van der Waals surface area (Å²) < 4.78 is 0. The van der Waals surface area contributed by atoms with Crippen molar-refractivity contribution in [1.82, 2.24) is 9.88 Å². The Labute approximate surface area is 82.6 Å². The summed E-state index contributed by atoms with van der Waals surface area (Å²) in [6, 6.07) is 0.423. The van der Waals surface area contributed by atoms with E-state index in [0.717, 1.165) is 32.5 Å². The first kappa shape index (κ1) is 9.12. The lowest BCUT2D eigenvalue weighted by Gasteiger charge is -2.29. The maximum absolute atomic E-state index is 5.83. The van der Waals surface area contributed by atoms with Crippen molar-refractivity contribution in [1.29, 1.82) is 0 Å². The highest BCUT2D eigenvalue weighted by atomic mass is 32.1. The van der Waals surface area contributed by atoms with Gasteiger partial charge in [0.1, 0.15) is 0 Å². The molecular weight excluding hydrogens is 182 g/mol. The van der Waals surface area contributed by atoms with Gasteiger partial charge in [-0.25, -0.2) is 4.98 Å². The van der Waals surface area contributed by atoms with Gasteiger partial charge in [-0.15, -0.1) is 11.3 Å². The summed E-state index contributed by atoms with van der Waals surface area (Å²) in [6.07, 6.45) is 2.26. The minimum absolute atomic E-state index is 0.423. The fourth-order valence-corrected chi connectivity index (χ4v) is 2.21. The SMILES string of the molecule is NC1CCN(Cc2cscn2)CC1. The van der Waals surface area contributed by atoms with Crippen LogP contribution in [0.2, 0.25) is 0 Å². The highest BCUT2D eigenvalue weighted by Gasteiger charge is 2.16. The predicted molar refractivity (Wildman–Crippen MR) is 54.6 cm³/mol. The van der Waals surface area contributed by atoms with Crippen molar-refractivity contribution < 1.29 is 0 Å². The van der Waals surface area contributed by atoms with Crippen molar-refractivity contribution in [3.05, 3.63) is 16.6 Å². The number of rotatable bonds is 2. The molecule has 4 heteroatoms. The Bertz CT molecular complexity index is 239. The highest BCUT2D eigenvalue weighted by Crippen LogP contribution is 2.12. The van der Waals surface area contributed by atoms with E-state index >= 15 is 0 Å². The monoisotopic (exact) mass is 197 g/mol. The molecule has 2 heterocycles. The Hall–Kier alpha value is -0.450. The highest BCUT2D eigenvalue weighted by molar-refractivity contribution is 7.07. The van der Waals surface area contributed by atoms with Crippen molar-refractivity contribution in [2.24, 2.45) is 5.73 Å². The first-order valence-electron chi connectivity index (χ1n) is 4.69. The molecule has 0 amide bonds. The summed E-state index contributed by atoms with van der Waals surface area (Å²) in [5, 5.41) is 2.12. The lowest BCUT2D eigenvalue weighted by atomic mass is 10.1. The normalized spacial score (nSPS) is 20.7. The van der Waals surface area contributed by atoms with Crippen LogP contribution >= 0.6 is 11.3 Å². The van der Waals surface area contributed by atoms with E-state index in [4.69, 9.17) is 5.73 Å². The largest absolute Gasteiger partial charge is 0.328 e. The summed E-state index contributed by atoms with van der Waals surface area (Å²) in [6.45, 7) is 3.24. The molecule has 0 saturated carbocycles. The Morgan fingerprint density at radius 3 is 2.92 bits per heavy atom. The summed E-state index contributed by atoms with van der Waals surface area (Å²) in [5.74, 6) is 0. The van der Waals surface area contributed by atoms with E-state index in [1.54, 1.807) is 11.3 Å². The molecule has 3 nitrogen and oxygen atoms in total. The Balaban J connectivity index is 1.83. The molecule has 1 aromatic heterocycles. The summed E-state index contributed by atoms with van der Waals surface area (Å²) in [4.78, 5) is 6.70. The van der Waals surface area contributed by atoms with Crippen molar-refractivity contribution >= 4 is 11.3 Å². The number of likely N-dealkylation sites (tertiary alicyclic amines) is 1. The van der Waals surface area contributed by atoms with Crippen LogP contribution < -0.4 is 5.73 Å². The van der Waals surface area contributed by atoms with Crippen LogP contribution in [0.3, 0.4) is 0 Å². The fraction of sp³-hybridized carbons (Fsp3) is 0.667. The molecule has 13 heavy (non-hydrogen) atoms. The first-order chi connectivity index (χ1) is 6.34. The van der Waals surface area contributed by atoms with Crippen LogP contribution in [0.4, 0.5) is 0 Å². The van der Waals surface area contributed by atoms with Gasteiger partial charge in [0, 0.05) is 31.1 Å². The number of thiazole rings is 1. The van der Waals surface area contributed by atoms with Gasteiger partial charge >= 0.3 is 0 Å². The first-order valence-corrected chi connectivity index (χ1v) is 5.64. The van der Waals surface area contributed by atoms with Gasteiger partial charge in [-0.3, -0.25) is 4.90 Å². The number of piperidine rings is 1. The second-order valence-corrected chi connectivity index (χ2v) is 4.31. The molecule has 1 fully saturated rings. The number of nitrogens with zero attached hydrogens (tertiary/aromatic N) is 2. The Morgan fingerprint density at radius 2 is 2.31 bits per heavy atom. The van der Waals surface area contributed by atoms with Gasteiger partial charge in [0.25, 0.3) is 0 Å². The molecule has 0 bridgehead atoms. The van der Waals surface area contributed by atoms with Crippen LogP contribution in [0, 0.1) is 0 Å². The van der Waals surface area contributed by atoms with Crippen LogP contribution in [0.15, 0.2) is 10.9 Å². The van der Waals surface area contributed by atoms with Crippen LogP contribution in [0.1, 0.15) is 18.5 Å². The lowest BCUT2D eigenvalue weighted by Crippen LogP contribution is -2.39. The molecule has 1 saturated heterocycles. The van der Waals surface area contributed by atoms with Crippen molar-refractivity contribution in [2.75, 3.05) is 13.1 Å². The summed E-state index contributed by atoms with van der Waals surface area (Å²) in [5.41, 5.74) is 8.92. The van der Waals surface area contributed by atoms with Crippen molar-refractivity contribution in [3.63, 3.8) is 0 Å². The molecule has 0 radical (unpaired) electrons. The average Bonchev–Trinajstić information content (AvgIpc) is 2.62. The molecule has 0 spiro atoms. The molecule has 2 N–H and O–H groups in total. The van der Waals surface area contributed by atoms with Gasteiger partial charge < -0.3 is 5.73 Å². The van der Waals surface area contributed by atoms with E-state index in [1.807, 2.05) is 5.51 Å². The number of hydrogen-bond donors (Lipinski definition) is 1. The van der Waals surface area contributed by atoms with E-state index in [9.17, 15) is 0 Å². The molecule has 72 valence electrons. The molecule has 1 aliphatic rings. The topological polar surface area (TPSA) is 42.1 Å². The lowest BCUT2D eigenvalue weighted by molar-refractivity contribution is 0.204. The van der Waals surface area contributed by atoms with Gasteiger partial charge in [-0.05, 0) is 12.8 Å². The Morgan fingerprint density at radius 1 is 1.54 bits per heavy atom. The molecule has 1 aliphatic heterocycles. The van der Waals surface area contributed by atoms with Gasteiger partial charge in [0.05, 0.1) is 11.2 Å². The van der Waals surface area contributed by atoms with Crippen LogP contribution in [0.5, 0.6) is 0 Å². The number of hydrogen-bond acceptors (Lipinski definition) is 4. The third-order valence-corrected chi connectivity index (χ3v) is 3.14. The zero-order valence-electron chi connectivity index (χ0n) is 7.65. The van der Waals surface area contributed by atoms with E-state index < -0.39 is 0 Å². The number of aromatic nitrogens is 1. The predicted octanol–water partition coefficient (Wildman–Crippen LogP) is 1.07. The van der Waals surface area contributed by atoms with Crippen LogP contribution in [-0.2, 0) is 6.54 Å². The minimum Gasteiger partial charge on any atom is -0.328 e. The minimum atomic E-state index is 0.423. The average molecular weight is 197 g/mol. The Kier molecular flexibility index (Phi) is 2.93. The smallest absolute Gasteiger partial charge is 0.0795 e. The third-order valence-electron chi connectivity index (χ3n) is 2.50. The van der Waals surface area contributed by atoms with Gasteiger partial charge in [0.2, 0.25) is 0 Å². The number of nitrogens with two attached hydrogens (primary N) is 1. The fourth-order valence-electron chi connectivity index (χ4n) is 1.66. The van der Waals surface area contributed by atoms with E-state index in [2.05, 4.69) is 15.3 Å². The van der Waals surface area contributed by atoms with Gasteiger partial charge in [-0.1, -0.05) is 0 Å². The second-order valence-electron chi connectivity index (χ2n) is 3.59. The molecule has 0 atom stereocenters. The van der Waals surface area contributed by atoms with Crippen molar-refractivity contribution in [3.8, 4) is 0 Å². The van der Waals surface area contributed by atoms with Crippen LogP contribution in [-0.4, -0.2) is 29.0 Å². The van der Waals surface area contributed by atoms with Gasteiger partial charge in [-0.2, -0.15) is 0 Å².